The fourth-order valence-corrected chi connectivity index (χ4v) is 2.86. The van der Waals surface area contributed by atoms with Crippen molar-refractivity contribution in [1.82, 2.24) is 0 Å². The summed E-state index contributed by atoms with van der Waals surface area (Å²) in [5.41, 5.74) is 1.16. The van der Waals surface area contributed by atoms with Crippen LogP contribution in [0.4, 0.5) is 0 Å². The molecule has 0 aliphatic carbocycles. The largest absolute Gasteiger partial charge is 0.392 e. The number of benzene rings is 2. The van der Waals surface area contributed by atoms with E-state index < -0.39 is 0 Å². The Morgan fingerprint density at radius 3 is 2.39 bits per heavy atom. The average molecular weight is 279 g/mol. The minimum Gasteiger partial charge on any atom is -0.392 e. The second-order valence-electron chi connectivity index (χ2n) is 4.08. The van der Waals surface area contributed by atoms with E-state index >= 15 is 0 Å². The van der Waals surface area contributed by atoms with Crippen molar-refractivity contribution in [2.75, 3.05) is 5.75 Å². The molecule has 0 aliphatic rings. The molecule has 94 valence electrons. The Morgan fingerprint density at radius 1 is 1.00 bits per heavy atom. The molecule has 0 heterocycles. The van der Waals surface area contributed by atoms with Crippen LogP contribution in [0, 0.1) is 0 Å². The highest BCUT2D eigenvalue weighted by Crippen LogP contribution is 2.27. The summed E-state index contributed by atoms with van der Waals surface area (Å²) in [4.78, 5) is 1.02. The molecular formula is C15H15ClOS. The van der Waals surface area contributed by atoms with Gasteiger partial charge in [0, 0.05) is 10.6 Å². The lowest BCUT2D eigenvalue weighted by Crippen LogP contribution is -2.13. The summed E-state index contributed by atoms with van der Waals surface area (Å²) in [7, 11) is 0. The van der Waals surface area contributed by atoms with Gasteiger partial charge in [-0.3, -0.25) is 0 Å². The van der Waals surface area contributed by atoms with Gasteiger partial charge in [-0.25, -0.2) is 0 Å². The van der Waals surface area contributed by atoms with Crippen molar-refractivity contribution in [3.8, 4) is 0 Å². The van der Waals surface area contributed by atoms with Gasteiger partial charge in [0.25, 0.3) is 0 Å². The van der Waals surface area contributed by atoms with Crippen molar-refractivity contribution in [3.05, 3.63) is 65.2 Å². The molecule has 3 heteroatoms. The van der Waals surface area contributed by atoms with Crippen molar-refractivity contribution in [1.29, 1.82) is 0 Å². The second kappa shape index (κ2) is 6.83. The summed E-state index contributed by atoms with van der Waals surface area (Å²) >= 11 is 7.66. The van der Waals surface area contributed by atoms with Gasteiger partial charge >= 0.3 is 0 Å². The Bertz CT molecular complexity index is 487. The first-order chi connectivity index (χ1) is 8.75. The lowest BCUT2D eigenvalue weighted by Gasteiger charge is -2.11. The number of halogens is 1. The molecule has 18 heavy (non-hydrogen) atoms. The molecular weight excluding hydrogens is 264 g/mol. The zero-order valence-electron chi connectivity index (χ0n) is 9.92. The van der Waals surface area contributed by atoms with E-state index in [4.69, 9.17) is 11.6 Å². The van der Waals surface area contributed by atoms with E-state index in [0.717, 1.165) is 15.5 Å². The Hall–Kier alpha value is -0.960. The molecule has 0 fully saturated rings. The highest BCUT2D eigenvalue weighted by atomic mass is 35.5. The van der Waals surface area contributed by atoms with Crippen molar-refractivity contribution in [3.63, 3.8) is 0 Å². The lowest BCUT2D eigenvalue weighted by atomic mass is 10.1. The smallest absolute Gasteiger partial charge is 0.0674 e. The molecule has 0 spiro atoms. The van der Waals surface area contributed by atoms with Crippen LogP contribution in [0.25, 0.3) is 0 Å². The van der Waals surface area contributed by atoms with E-state index in [1.165, 1.54) is 0 Å². The van der Waals surface area contributed by atoms with Gasteiger partial charge in [0.05, 0.1) is 11.1 Å². The van der Waals surface area contributed by atoms with Gasteiger partial charge in [-0.15, -0.1) is 11.8 Å². The number of rotatable bonds is 5. The monoisotopic (exact) mass is 278 g/mol. The minimum atomic E-state index is -0.353. The summed E-state index contributed by atoms with van der Waals surface area (Å²) < 4.78 is 0. The van der Waals surface area contributed by atoms with E-state index in [2.05, 4.69) is 0 Å². The molecule has 1 nitrogen and oxygen atoms in total. The van der Waals surface area contributed by atoms with Crippen molar-refractivity contribution in [2.45, 2.75) is 17.4 Å². The number of aliphatic hydroxyl groups is 1. The molecule has 0 radical (unpaired) electrons. The Labute approximate surface area is 117 Å². The fraction of sp³-hybridized carbons (Fsp3) is 0.200. The molecule has 1 N–H and O–H groups in total. The maximum absolute atomic E-state index is 9.99. The number of hydrogen-bond donors (Lipinski definition) is 1. The van der Waals surface area contributed by atoms with Crippen molar-refractivity contribution < 1.29 is 5.11 Å². The quantitative estimate of drug-likeness (QED) is 0.833. The topological polar surface area (TPSA) is 20.2 Å². The van der Waals surface area contributed by atoms with Gasteiger partial charge in [-0.05, 0) is 24.1 Å². The van der Waals surface area contributed by atoms with Crippen LogP contribution >= 0.6 is 23.4 Å². The fourth-order valence-electron chi connectivity index (χ4n) is 1.69. The molecule has 2 rings (SSSR count). The summed E-state index contributed by atoms with van der Waals surface area (Å²) in [6, 6.07) is 17.7. The van der Waals surface area contributed by atoms with Crippen LogP contribution in [0.1, 0.15) is 5.56 Å². The Kier molecular flexibility index (Phi) is 5.12. The van der Waals surface area contributed by atoms with Gasteiger partial charge in [0.2, 0.25) is 0 Å². The van der Waals surface area contributed by atoms with E-state index in [9.17, 15) is 5.11 Å². The van der Waals surface area contributed by atoms with E-state index in [-0.39, 0.29) is 6.10 Å². The van der Waals surface area contributed by atoms with Gasteiger partial charge in [0.1, 0.15) is 0 Å². The zero-order valence-corrected chi connectivity index (χ0v) is 11.5. The van der Waals surface area contributed by atoms with E-state index in [0.29, 0.717) is 12.2 Å². The maximum Gasteiger partial charge on any atom is 0.0674 e. The van der Waals surface area contributed by atoms with Crippen LogP contribution in [0.15, 0.2) is 59.5 Å². The van der Waals surface area contributed by atoms with Gasteiger partial charge in [-0.1, -0.05) is 54.1 Å². The highest BCUT2D eigenvalue weighted by Gasteiger charge is 2.07. The van der Waals surface area contributed by atoms with Crippen LogP contribution in [0.2, 0.25) is 5.02 Å². The molecule has 0 aromatic heterocycles. The van der Waals surface area contributed by atoms with Gasteiger partial charge < -0.3 is 5.11 Å². The maximum atomic E-state index is 9.99. The van der Waals surface area contributed by atoms with Crippen LogP contribution in [0.5, 0.6) is 0 Å². The van der Waals surface area contributed by atoms with Crippen molar-refractivity contribution in [2.24, 2.45) is 0 Å². The van der Waals surface area contributed by atoms with Crippen LogP contribution < -0.4 is 0 Å². The molecule has 0 bridgehead atoms. The summed E-state index contributed by atoms with van der Waals surface area (Å²) in [6.45, 7) is 0. The zero-order chi connectivity index (χ0) is 12.8. The number of hydrogen-bond acceptors (Lipinski definition) is 2. The molecule has 1 unspecified atom stereocenters. The molecule has 0 saturated heterocycles. The van der Waals surface area contributed by atoms with Gasteiger partial charge in [-0.2, -0.15) is 0 Å². The second-order valence-corrected chi connectivity index (χ2v) is 5.55. The van der Waals surface area contributed by atoms with E-state index in [1.54, 1.807) is 11.8 Å². The summed E-state index contributed by atoms with van der Waals surface area (Å²) in [5, 5.41) is 10.7. The predicted molar refractivity (Wildman–Crippen MR) is 78.3 cm³/mol. The molecule has 2 aromatic rings. The van der Waals surface area contributed by atoms with E-state index in [1.807, 2.05) is 54.6 Å². The minimum absolute atomic E-state index is 0.353. The number of aliphatic hydroxyl groups excluding tert-OH is 1. The molecule has 2 aromatic carbocycles. The highest BCUT2D eigenvalue weighted by molar-refractivity contribution is 7.99. The standard InChI is InChI=1S/C15H15ClOS/c16-14-8-4-5-9-15(14)18-11-13(17)10-12-6-2-1-3-7-12/h1-9,13,17H,10-11H2. The molecule has 0 aliphatic heterocycles. The third kappa shape index (κ3) is 4.05. The summed E-state index contributed by atoms with van der Waals surface area (Å²) in [5.74, 6) is 0.651. The first-order valence-corrected chi connectivity index (χ1v) is 7.21. The SMILES string of the molecule is OC(CSc1ccccc1Cl)Cc1ccccc1. The first-order valence-electron chi connectivity index (χ1n) is 5.85. The molecule has 0 saturated carbocycles. The van der Waals surface area contributed by atoms with Crippen LogP contribution in [-0.2, 0) is 6.42 Å². The Balaban J connectivity index is 1.86. The molecule has 1 atom stereocenters. The van der Waals surface area contributed by atoms with Crippen molar-refractivity contribution >= 4 is 23.4 Å². The van der Waals surface area contributed by atoms with Crippen LogP contribution in [-0.4, -0.2) is 17.0 Å². The third-order valence-corrected chi connectivity index (χ3v) is 4.24. The molecule has 0 amide bonds. The predicted octanol–water partition coefficient (Wildman–Crippen LogP) is 4.04. The normalized spacial score (nSPS) is 12.3. The van der Waals surface area contributed by atoms with Gasteiger partial charge in [0.15, 0.2) is 0 Å². The summed E-state index contributed by atoms with van der Waals surface area (Å²) in [6.07, 6.45) is 0.326. The average Bonchev–Trinajstić information content (AvgIpc) is 2.39. The third-order valence-electron chi connectivity index (χ3n) is 2.58. The Morgan fingerprint density at radius 2 is 1.67 bits per heavy atom. The van der Waals surface area contributed by atoms with Crippen LogP contribution in [0.3, 0.4) is 0 Å². The first kappa shape index (κ1) is 13.5. The number of thioether (sulfide) groups is 1. The lowest BCUT2D eigenvalue weighted by molar-refractivity contribution is 0.200.